The summed E-state index contributed by atoms with van der Waals surface area (Å²) in [5.74, 6) is 0.953. The first kappa shape index (κ1) is 13.1. The van der Waals surface area contributed by atoms with Gasteiger partial charge in [-0.2, -0.15) is 0 Å². The van der Waals surface area contributed by atoms with Crippen molar-refractivity contribution in [1.82, 2.24) is 10.3 Å². The van der Waals surface area contributed by atoms with Crippen LogP contribution in [-0.2, 0) is 13.1 Å². The second kappa shape index (κ2) is 6.02. The summed E-state index contributed by atoms with van der Waals surface area (Å²) in [7, 11) is 2.03. The van der Waals surface area contributed by atoms with Gasteiger partial charge in [0.15, 0.2) is 5.13 Å². The van der Waals surface area contributed by atoms with Gasteiger partial charge in [-0.3, -0.25) is 0 Å². The van der Waals surface area contributed by atoms with Crippen molar-refractivity contribution in [2.24, 2.45) is 0 Å². The van der Waals surface area contributed by atoms with Crippen molar-refractivity contribution in [3.05, 3.63) is 35.2 Å². The molecule has 4 nitrogen and oxygen atoms in total. The Labute approximate surface area is 112 Å². The molecule has 0 aliphatic carbocycles. The van der Waals surface area contributed by atoms with E-state index in [2.05, 4.69) is 34.4 Å². The maximum atomic E-state index is 5.33. The van der Waals surface area contributed by atoms with E-state index in [1.165, 1.54) is 0 Å². The van der Waals surface area contributed by atoms with Crippen LogP contribution in [0.3, 0.4) is 0 Å². The molecule has 2 aromatic rings. The molecule has 0 saturated carbocycles. The number of hydrogen-bond donors (Lipinski definition) is 1. The van der Waals surface area contributed by atoms with Gasteiger partial charge in [0, 0.05) is 25.0 Å². The van der Waals surface area contributed by atoms with Gasteiger partial charge in [-0.25, -0.2) is 4.98 Å². The molecule has 0 bridgehead atoms. The quantitative estimate of drug-likeness (QED) is 0.872. The van der Waals surface area contributed by atoms with Crippen LogP contribution in [0.1, 0.15) is 25.3 Å². The topological polar surface area (TPSA) is 41.3 Å². The molecule has 0 fully saturated rings. The van der Waals surface area contributed by atoms with Gasteiger partial charge in [0.1, 0.15) is 5.76 Å². The molecule has 0 atom stereocenters. The molecule has 5 heteroatoms. The predicted octanol–water partition coefficient (Wildman–Crippen LogP) is 2.87. The number of thiazole rings is 1. The molecule has 0 aliphatic rings. The van der Waals surface area contributed by atoms with E-state index in [0.717, 1.165) is 29.7 Å². The summed E-state index contributed by atoms with van der Waals surface area (Å²) in [6.45, 7) is 5.84. The van der Waals surface area contributed by atoms with Crippen molar-refractivity contribution in [2.75, 3.05) is 11.9 Å². The van der Waals surface area contributed by atoms with E-state index >= 15 is 0 Å². The largest absolute Gasteiger partial charge is 0.467 e. The first-order valence-electron chi connectivity index (χ1n) is 6.06. The van der Waals surface area contributed by atoms with E-state index in [1.54, 1.807) is 17.6 Å². The SMILES string of the molecule is CC(C)NCc1csc(N(C)Cc2ccco2)n1. The van der Waals surface area contributed by atoms with Crippen LogP contribution in [0.5, 0.6) is 0 Å². The average Bonchev–Trinajstić information content (AvgIpc) is 2.96. The van der Waals surface area contributed by atoms with E-state index in [1.807, 2.05) is 19.2 Å². The molecule has 0 aromatic carbocycles. The lowest BCUT2D eigenvalue weighted by molar-refractivity contribution is 0.507. The Hall–Kier alpha value is -1.33. The van der Waals surface area contributed by atoms with E-state index in [9.17, 15) is 0 Å². The van der Waals surface area contributed by atoms with Crippen LogP contribution in [0, 0.1) is 0 Å². The summed E-state index contributed by atoms with van der Waals surface area (Å²) < 4.78 is 5.33. The van der Waals surface area contributed by atoms with Gasteiger partial charge in [0.05, 0.1) is 18.5 Å². The molecule has 0 aliphatic heterocycles. The van der Waals surface area contributed by atoms with Gasteiger partial charge < -0.3 is 14.6 Å². The molecule has 2 aromatic heterocycles. The minimum absolute atomic E-state index is 0.482. The Kier molecular flexibility index (Phi) is 4.38. The van der Waals surface area contributed by atoms with Crippen molar-refractivity contribution >= 4 is 16.5 Å². The summed E-state index contributed by atoms with van der Waals surface area (Å²) in [5, 5.41) is 6.49. The van der Waals surface area contributed by atoms with Crippen LogP contribution in [-0.4, -0.2) is 18.1 Å². The van der Waals surface area contributed by atoms with Crippen LogP contribution < -0.4 is 10.2 Å². The summed E-state index contributed by atoms with van der Waals surface area (Å²) in [4.78, 5) is 6.70. The molecule has 0 amide bonds. The van der Waals surface area contributed by atoms with Gasteiger partial charge in [-0.15, -0.1) is 11.3 Å². The van der Waals surface area contributed by atoms with Crippen LogP contribution in [0.25, 0.3) is 0 Å². The number of rotatable bonds is 6. The van der Waals surface area contributed by atoms with Crippen LogP contribution in [0.15, 0.2) is 28.2 Å². The molecule has 2 rings (SSSR count). The monoisotopic (exact) mass is 265 g/mol. The van der Waals surface area contributed by atoms with E-state index < -0.39 is 0 Å². The number of anilines is 1. The van der Waals surface area contributed by atoms with Gasteiger partial charge >= 0.3 is 0 Å². The average molecular weight is 265 g/mol. The van der Waals surface area contributed by atoms with Crippen molar-refractivity contribution in [2.45, 2.75) is 33.0 Å². The number of aromatic nitrogens is 1. The standard InChI is InChI=1S/C13H19N3OS/c1-10(2)14-7-11-9-18-13(15-11)16(3)8-12-5-4-6-17-12/h4-6,9-10,14H,7-8H2,1-3H3. The Morgan fingerprint density at radius 1 is 1.50 bits per heavy atom. The van der Waals surface area contributed by atoms with Crippen LogP contribution in [0.4, 0.5) is 5.13 Å². The molecule has 0 unspecified atom stereocenters. The fourth-order valence-electron chi connectivity index (χ4n) is 1.57. The van der Waals surface area contributed by atoms with Crippen molar-refractivity contribution in [1.29, 1.82) is 0 Å². The fraction of sp³-hybridized carbons (Fsp3) is 0.462. The molecule has 0 radical (unpaired) electrons. The third-order valence-corrected chi connectivity index (χ3v) is 3.53. The molecule has 0 saturated heterocycles. The van der Waals surface area contributed by atoms with Crippen molar-refractivity contribution < 1.29 is 4.42 Å². The maximum absolute atomic E-state index is 5.33. The van der Waals surface area contributed by atoms with E-state index in [4.69, 9.17) is 4.42 Å². The Balaban J connectivity index is 1.92. The first-order valence-corrected chi connectivity index (χ1v) is 6.94. The number of nitrogens with zero attached hydrogens (tertiary/aromatic N) is 2. The minimum Gasteiger partial charge on any atom is -0.467 e. The zero-order chi connectivity index (χ0) is 13.0. The highest BCUT2D eigenvalue weighted by Crippen LogP contribution is 2.21. The lowest BCUT2D eigenvalue weighted by Gasteiger charge is -2.13. The highest BCUT2D eigenvalue weighted by Gasteiger charge is 2.09. The fourth-order valence-corrected chi connectivity index (χ4v) is 2.36. The van der Waals surface area contributed by atoms with E-state index in [0.29, 0.717) is 6.04 Å². The van der Waals surface area contributed by atoms with Gasteiger partial charge in [-0.05, 0) is 12.1 Å². The summed E-state index contributed by atoms with van der Waals surface area (Å²) in [5.41, 5.74) is 1.09. The molecular formula is C13H19N3OS. The number of nitrogens with one attached hydrogen (secondary N) is 1. The van der Waals surface area contributed by atoms with Gasteiger partial charge in [-0.1, -0.05) is 13.8 Å². The molecular weight excluding hydrogens is 246 g/mol. The van der Waals surface area contributed by atoms with Crippen LogP contribution >= 0.6 is 11.3 Å². The lowest BCUT2D eigenvalue weighted by atomic mass is 10.4. The Morgan fingerprint density at radius 3 is 3.00 bits per heavy atom. The first-order chi connectivity index (χ1) is 8.65. The lowest BCUT2D eigenvalue weighted by Crippen LogP contribution is -2.22. The van der Waals surface area contributed by atoms with Gasteiger partial charge in [0.2, 0.25) is 0 Å². The zero-order valence-corrected chi connectivity index (χ0v) is 11.8. The molecule has 18 heavy (non-hydrogen) atoms. The molecule has 98 valence electrons. The second-order valence-electron chi connectivity index (χ2n) is 4.59. The highest BCUT2D eigenvalue weighted by atomic mass is 32.1. The third-order valence-electron chi connectivity index (χ3n) is 2.53. The van der Waals surface area contributed by atoms with Crippen LogP contribution in [0.2, 0.25) is 0 Å². The van der Waals surface area contributed by atoms with Crippen molar-refractivity contribution in [3.63, 3.8) is 0 Å². The number of hydrogen-bond acceptors (Lipinski definition) is 5. The van der Waals surface area contributed by atoms with E-state index in [-0.39, 0.29) is 0 Å². The summed E-state index contributed by atoms with van der Waals surface area (Å²) in [6.07, 6.45) is 1.70. The Morgan fingerprint density at radius 2 is 2.33 bits per heavy atom. The third kappa shape index (κ3) is 3.58. The van der Waals surface area contributed by atoms with Gasteiger partial charge in [0.25, 0.3) is 0 Å². The minimum atomic E-state index is 0.482. The van der Waals surface area contributed by atoms with Crippen molar-refractivity contribution in [3.8, 4) is 0 Å². The smallest absolute Gasteiger partial charge is 0.185 e. The summed E-state index contributed by atoms with van der Waals surface area (Å²) >= 11 is 1.66. The normalized spacial score (nSPS) is 11.1. The molecule has 1 N–H and O–H groups in total. The Bertz CT molecular complexity index is 464. The summed E-state index contributed by atoms with van der Waals surface area (Å²) in [6, 6.07) is 4.37. The highest BCUT2D eigenvalue weighted by molar-refractivity contribution is 7.13. The molecule has 2 heterocycles. The maximum Gasteiger partial charge on any atom is 0.185 e. The zero-order valence-electron chi connectivity index (χ0n) is 11.0. The molecule has 0 spiro atoms. The predicted molar refractivity (Wildman–Crippen MR) is 74.9 cm³/mol. The second-order valence-corrected chi connectivity index (χ2v) is 5.43. The number of furan rings is 1.